The quantitative estimate of drug-likeness (QED) is 0.426. The van der Waals surface area contributed by atoms with Crippen molar-refractivity contribution in [3.05, 3.63) is 77.9 Å². The van der Waals surface area contributed by atoms with Crippen molar-refractivity contribution in [1.29, 1.82) is 0 Å². The zero-order valence-corrected chi connectivity index (χ0v) is 19.3. The molecule has 4 nitrogen and oxygen atoms in total. The zero-order chi connectivity index (χ0) is 21.8. The van der Waals surface area contributed by atoms with Gasteiger partial charge in [0.1, 0.15) is 11.5 Å². The lowest BCUT2D eigenvalue weighted by Gasteiger charge is -2.28. The molecule has 0 aliphatic carbocycles. The molecule has 0 N–H and O–H groups in total. The van der Waals surface area contributed by atoms with E-state index in [4.69, 9.17) is 14.5 Å². The molecule has 1 aliphatic rings. The van der Waals surface area contributed by atoms with E-state index in [2.05, 4.69) is 61.2 Å². The lowest BCUT2D eigenvalue weighted by molar-refractivity contribution is 0.414. The molecule has 3 aromatic rings. The largest absolute Gasteiger partial charge is 0.497 e. The van der Waals surface area contributed by atoms with Crippen LogP contribution < -0.4 is 14.4 Å². The number of methoxy groups -OCH3 is 2. The highest BCUT2D eigenvalue weighted by Gasteiger charge is 2.27. The van der Waals surface area contributed by atoms with Gasteiger partial charge in [-0.15, -0.1) is 11.8 Å². The predicted molar refractivity (Wildman–Crippen MR) is 131 cm³/mol. The van der Waals surface area contributed by atoms with Crippen molar-refractivity contribution in [3.8, 4) is 11.5 Å². The van der Waals surface area contributed by atoms with Crippen LogP contribution >= 0.6 is 11.8 Å². The van der Waals surface area contributed by atoms with E-state index < -0.39 is 0 Å². The number of thioether (sulfide) groups is 1. The number of fused-ring (bicyclic) bond motifs is 1. The summed E-state index contributed by atoms with van der Waals surface area (Å²) in [7, 11) is 3.38. The molecular weight excluding hydrogens is 404 g/mol. The smallest absolute Gasteiger partial charge is 0.118 e. The molecule has 0 spiro atoms. The van der Waals surface area contributed by atoms with Crippen molar-refractivity contribution in [2.45, 2.75) is 24.0 Å². The average Bonchev–Trinajstić information content (AvgIpc) is 2.84. The molecule has 1 heterocycles. The van der Waals surface area contributed by atoms with Gasteiger partial charge in [0.05, 0.1) is 30.9 Å². The van der Waals surface area contributed by atoms with Gasteiger partial charge in [-0.05, 0) is 79.6 Å². The van der Waals surface area contributed by atoms with Crippen LogP contribution in [0.3, 0.4) is 0 Å². The summed E-state index contributed by atoms with van der Waals surface area (Å²) in [6.45, 7) is 6.36. The first kappa shape index (κ1) is 21.3. The predicted octanol–water partition coefficient (Wildman–Crippen LogP) is 6.52. The second kappa shape index (κ2) is 9.48. The fraction of sp³-hybridized carbons (Fsp3) is 0.269. The van der Waals surface area contributed by atoms with Crippen LogP contribution in [0.15, 0.2) is 76.6 Å². The van der Waals surface area contributed by atoms with Gasteiger partial charge < -0.3 is 14.4 Å². The molecule has 3 aromatic carbocycles. The topological polar surface area (TPSA) is 34.1 Å². The molecule has 31 heavy (non-hydrogen) atoms. The fourth-order valence-electron chi connectivity index (χ4n) is 3.83. The van der Waals surface area contributed by atoms with Crippen LogP contribution in [0.1, 0.15) is 30.2 Å². The van der Waals surface area contributed by atoms with Crippen molar-refractivity contribution in [2.75, 3.05) is 32.2 Å². The van der Waals surface area contributed by atoms with Gasteiger partial charge in [0.25, 0.3) is 0 Å². The van der Waals surface area contributed by atoms with Gasteiger partial charge >= 0.3 is 0 Å². The monoisotopic (exact) mass is 432 g/mol. The fourth-order valence-corrected chi connectivity index (χ4v) is 5.10. The minimum atomic E-state index is 0.0961. The van der Waals surface area contributed by atoms with Gasteiger partial charge in [-0.1, -0.05) is 12.1 Å². The summed E-state index contributed by atoms with van der Waals surface area (Å²) in [6.07, 6.45) is 0. The lowest BCUT2D eigenvalue weighted by atomic mass is 10.0. The summed E-state index contributed by atoms with van der Waals surface area (Å²) in [5.74, 6) is 1.70. The van der Waals surface area contributed by atoms with Crippen LogP contribution in [0, 0.1) is 0 Å². The van der Waals surface area contributed by atoms with E-state index in [1.54, 1.807) is 14.2 Å². The van der Waals surface area contributed by atoms with E-state index in [0.29, 0.717) is 0 Å². The van der Waals surface area contributed by atoms with E-state index in [1.807, 2.05) is 36.0 Å². The number of ether oxygens (including phenoxy) is 2. The number of hydrogen-bond acceptors (Lipinski definition) is 5. The van der Waals surface area contributed by atoms with Gasteiger partial charge in [-0.3, -0.25) is 4.99 Å². The van der Waals surface area contributed by atoms with Gasteiger partial charge in [0.2, 0.25) is 0 Å². The van der Waals surface area contributed by atoms with Crippen molar-refractivity contribution < 1.29 is 9.47 Å². The van der Waals surface area contributed by atoms with Crippen LogP contribution in [-0.4, -0.2) is 33.0 Å². The first-order chi connectivity index (χ1) is 15.2. The molecule has 0 radical (unpaired) electrons. The third kappa shape index (κ3) is 4.42. The highest BCUT2D eigenvalue weighted by molar-refractivity contribution is 8.00. The first-order valence-corrected chi connectivity index (χ1v) is 11.5. The molecule has 0 amide bonds. The molecule has 160 valence electrons. The lowest BCUT2D eigenvalue weighted by Crippen LogP contribution is -2.22. The van der Waals surface area contributed by atoms with Gasteiger partial charge in [-0.2, -0.15) is 0 Å². The maximum atomic E-state index is 5.36. The van der Waals surface area contributed by atoms with Crippen LogP contribution in [0.25, 0.3) is 0 Å². The third-order valence-corrected chi connectivity index (χ3v) is 6.92. The summed E-state index contributed by atoms with van der Waals surface area (Å²) in [5, 5.41) is 0.0961. The molecule has 1 unspecified atom stereocenters. The van der Waals surface area contributed by atoms with Crippen LogP contribution in [0.2, 0.25) is 0 Å². The molecule has 0 aromatic heterocycles. The Balaban J connectivity index is 1.79. The summed E-state index contributed by atoms with van der Waals surface area (Å²) < 4.78 is 10.7. The Kier molecular flexibility index (Phi) is 6.52. The Morgan fingerprint density at radius 3 is 2.03 bits per heavy atom. The van der Waals surface area contributed by atoms with E-state index >= 15 is 0 Å². The van der Waals surface area contributed by atoms with Crippen molar-refractivity contribution in [1.82, 2.24) is 0 Å². The first-order valence-electron chi connectivity index (χ1n) is 10.6. The molecule has 0 fully saturated rings. The summed E-state index contributed by atoms with van der Waals surface area (Å²) >= 11 is 1.86. The van der Waals surface area contributed by atoms with E-state index in [9.17, 15) is 0 Å². The standard InChI is InChI=1S/C26H28N2O2S/c1-5-28(6-2)20-11-16-23-24(17-20)31-26(19-9-14-22(30-4)15-10-19)25(27-23)18-7-12-21(29-3)13-8-18/h7-17,26H,5-6H2,1-4H3. The maximum absolute atomic E-state index is 5.36. The number of aliphatic imine (C=N–C) groups is 1. The number of rotatable bonds is 7. The van der Waals surface area contributed by atoms with E-state index in [0.717, 1.165) is 41.6 Å². The summed E-state index contributed by atoms with van der Waals surface area (Å²) in [6, 6.07) is 23.1. The third-order valence-electron chi connectivity index (χ3n) is 5.61. The Labute approximate surface area is 188 Å². The Hall–Kier alpha value is -2.92. The molecule has 1 aliphatic heterocycles. The molecule has 4 rings (SSSR count). The molecular formula is C26H28N2O2S. The SMILES string of the molecule is CCN(CC)c1ccc2c(c1)SC(c1ccc(OC)cc1)C(c1ccc(OC)cc1)=N2. The number of hydrogen-bond donors (Lipinski definition) is 0. The van der Waals surface area contributed by atoms with Gasteiger partial charge in [-0.25, -0.2) is 0 Å². The van der Waals surface area contributed by atoms with E-state index in [-0.39, 0.29) is 5.25 Å². The Morgan fingerprint density at radius 1 is 0.839 bits per heavy atom. The molecule has 0 saturated carbocycles. The van der Waals surface area contributed by atoms with Crippen molar-refractivity contribution in [3.63, 3.8) is 0 Å². The summed E-state index contributed by atoms with van der Waals surface area (Å²) in [4.78, 5) is 8.71. The highest BCUT2D eigenvalue weighted by atomic mass is 32.2. The Bertz CT molecular complexity index is 1060. The second-order valence-corrected chi connectivity index (χ2v) is 8.47. The summed E-state index contributed by atoms with van der Waals surface area (Å²) in [5.41, 5.74) is 5.64. The second-order valence-electron chi connectivity index (χ2n) is 7.32. The Morgan fingerprint density at radius 2 is 1.45 bits per heavy atom. The van der Waals surface area contributed by atoms with Crippen molar-refractivity contribution >= 4 is 28.8 Å². The maximum Gasteiger partial charge on any atom is 0.118 e. The van der Waals surface area contributed by atoms with Gasteiger partial charge in [0.15, 0.2) is 0 Å². The van der Waals surface area contributed by atoms with Crippen LogP contribution in [0.4, 0.5) is 11.4 Å². The van der Waals surface area contributed by atoms with Gasteiger partial charge in [0, 0.05) is 23.7 Å². The van der Waals surface area contributed by atoms with Crippen LogP contribution in [0.5, 0.6) is 11.5 Å². The number of anilines is 1. The molecule has 0 bridgehead atoms. The molecule has 0 saturated heterocycles. The zero-order valence-electron chi connectivity index (χ0n) is 18.5. The minimum Gasteiger partial charge on any atom is -0.497 e. The molecule has 5 heteroatoms. The number of benzene rings is 3. The van der Waals surface area contributed by atoms with Crippen LogP contribution in [-0.2, 0) is 0 Å². The van der Waals surface area contributed by atoms with Crippen molar-refractivity contribution in [2.24, 2.45) is 4.99 Å². The minimum absolute atomic E-state index is 0.0961. The highest BCUT2D eigenvalue weighted by Crippen LogP contribution is 2.48. The normalized spacial score (nSPS) is 15.1. The number of nitrogens with zero attached hydrogens (tertiary/aromatic N) is 2. The molecule has 1 atom stereocenters. The average molecular weight is 433 g/mol. The van der Waals surface area contributed by atoms with E-state index in [1.165, 1.54) is 16.1 Å².